The van der Waals surface area contributed by atoms with Crippen LogP contribution in [0.2, 0.25) is 0 Å². The molecule has 6 aliphatic rings. The summed E-state index contributed by atoms with van der Waals surface area (Å²) < 4.78 is 44.4. The van der Waals surface area contributed by atoms with Crippen LogP contribution in [0.4, 0.5) is 0 Å². The maximum absolute atomic E-state index is 14.3. The first kappa shape index (κ1) is 42.4. The Labute approximate surface area is 326 Å². The van der Waals surface area contributed by atoms with Crippen LogP contribution in [0.5, 0.6) is 0 Å². The fraction of sp³-hybridized carbons (Fsp3) is 0.744. The van der Waals surface area contributed by atoms with Gasteiger partial charge in [0.25, 0.3) is 0 Å². The van der Waals surface area contributed by atoms with Crippen LogP contribution in [-0.4, -0.2) is 119 Å². The van der Waals surface area contributed by atoms with E-state index in [-0.39, 0.29) is 37.2 Å². The van der Waals surface area contributed by atoms with E-state index in [4.69, 9.17) is 33.2 Å². The van der Waals surface area contributed by atoms with Crippen LogP contribution in [0, 0.1) is 23.7 Å². The van der Waals surface area contributed by atoms with Gasteiger partial charge in [-0.05, 0) is 62.3 Å². The second-order valence-electron chi connectivity index (χ2n) is 17.3. The van der Waals surface area contributed by atoms with Crippen molar-refractivity contribution in [1.29, 1.82) is 0 Å². The van der Waals surface area contributed by atoms with Crippen LogP contribution in [0.15, 0.2) is 58.7 Å². The maximum atomic E-state index is 14.3. The number of hydrogen-bond acceptors (Lipinski definition) is 12. The number of carbonyl (C=O) groups excluding carboxylic acids is 1. The first-order valence-corrected chi connectivity index (χ1v) is 20.1. The minimum absolute atomic E-state index is 0.0201. The van der Waals surface area contributed by atoms with Crippen LogP contribution >= 0.6 is 0 Å². The molecule has 0 amide bonds. The number of ether oxygens (including phenoxy) is 7. The molecular weight excluding hydrogens is 708 g/mol. The quantitative estimate of drug-likeness (QED) is 0.228. The second-order valence-corrected chi connectivity index (χ2v) is 17.3. The molecule has 0 aromatic rings. The van der Waals surface area contributed by atoms with Crippen LogP contribution in [0.3, 0.4) is 0 Å². The predicted octanol–water partition coefficient (Wildman–Crippen LogP) is 4.59. The van der Waals surface area contributed by atoms with Crippen molar-refractivity contribution < 1.29 is 58.4 Å². The normalized spacial score (nSPS) is 48.3. The van der Waals surface area contributed by atoms with E-state index in [9.17, 15) is 25.2 Å². The first-order valence-electron chi connectivity index (χ1n) is 20.1. The van der Waals surface area contributed by atoms with E-state index in [1.54, 1.807) is 33.1 Å². The molecule has 12 nitrogen and oxygen atoms in total. The average Bonchev–Trinajstić information content (AvgIpc) is 3.46. The van der Waals surface area contributed by atoms with Crippen molar-refractivity contribution in [1.82, 2.24) is 0 Å². The Morgan fingerprint density at radius 1 is 1.04 bits per heavy atom. The number of methoxy groups -OCH3 is 1. The number of fused-ring (bicyclic) bond motifs is 2. The largest absolute Gasteiger partial charge is 0.462 e. The lowest BCUT2D eigenvalue weighted by atomic mass is 9.71. The van der Waals surface area contributed by atoms with Crippen LogP contribution < -0.4 is 0 Å². The Hall–Kier alpha value is -2.23. The van der Waals surface area contributed by atoms with Crippen molar-refractivity contribution in [3.8, 4) is 0 Å². The summed E-state index contributed by atoms with van der Waals surface area (Å²) in [5, 5.41) is 45.7. The molecule has 0 unspecified atom stereocenters. The highest BCUT2D eigenvalue weighted by Crippen LogP contribution is 2.48. The molecule has 12 heteroatoms. The first-order chi connectivity index (χ1) is 26.0. The summed E-state index contributed by atoms with van der Waals surface area (Å²) in [7, 11) is 1.57. The number of rotatable bonds is 5. The lowest BCUT2D eigenvalue weighted by molar-refractivity contribution is -0.342. The molecule has 5 heterocycles. The van der Waals surface area contributed by atoms with Gasteiger partial charge >= 0.3 is 5.97 Å². The van der Waals surface area contributed by atoms with Gasteiger partial charge in [0.15, 0.2) is 12.1 Å². The summed E-state index contributed by atoms with van der Waals surface area (Å²) >= 11 is 0. The van der Waals surface area contributed by atoms with Gasteiger partial charge in [-0.2, -0.15) is 0 Å². The molecule has 4 N–H and O–H groups in total. The Balaban J connectivity index is 1.39. The number of allylic oxidation sites excluding steroid dienone is 3. The minimum Gasteiger partial charge on any atom is -0.462 e. The summed E-state index contributed by atoms with van der Waals surface area (Å²) in [4.78, 5) is 14.3. The number of carbonyl (C=O) groups is 1. The predicted molar refractivity (Wildman–Crippen MR) is 203 cm³/mol. The highest BCUT2D eigenvalue weighted by atomic mass is 16.7. The third-order valence-corrected chi connectivity index (χ3v) is 12.6. The summed E-state index contributed by atoms with van der Waals surface area (Å²) in [6, 6.07) is 0. The molecule has 4 fully saturated rings. The molecule has 6 rings (SSSR count). The molecule has 308 valence electrons. The molecule has 1 spiro atoms. The van der Waals surface area contributed by atoms with Crippen LogP contribution in [0.25, 0.3) is 0 Å². The Morgan fingerprint density at radius 3 is 2.49 bits per heavy atom. The molecule has 55 heavy (non-hydrogen) atoms. The molecule has 2 bridgehead atoms. The molecule has 0 aromatic carbocycles. The third kappa shape index (κ3) is 8.65. The summed E-state index contributed by atoms with van der Waals surface area (Å²) in [5.74, 6) is -3.11. The number of hydrogen-bond donors (Lipinski definition) is 4. The van der Waals surface area contributed by atoms with E-state index in [1.807, 2.05) is 39.8 Å². The zero-order valence-electron chi connectivity index (χ0n) is 33.9. The van der Waals surface area contributed by atoms with Gasteiger partial charge in [-0.15, -0.1) is 0 Å². The Bertz CT molecular complexity index is 1550. The van der Waals surface area contributed by atoms with E-state index >= 15 is 0 Å². The van der Waals surface area contributed by atoms with Gasteiger partial charge in [-0.3, -0.25) is 4.79 Å². The van der Waals surface area contributed by atoms with Crippen LogP contribution in [-0.2, 0) is 38.0 Å². The third-order valence-electron chi connectivity index (χ3n) is 12.6. The fourth-order valence-electron chi connectivity index (χ4n) is 9.51. The van der Waals surface area contributed by atoms with E-state index in [0.29, 0.717) is 30.4 Å². The SMILES string of the molecule is CO[C@H]1C[C@H](O[C@H]2/C(C)=C/C[C@@H]3C[C@@H](C[C@]4(C[C@H](O)[C@H](C)[C@@H](/C(C)=C/C(C)C)O4)O3)OC(=O)[C@@H]3C=C(C)[C@@H](O)[C@H]4OC/C(=C\C=C\[C@@H]2C)[C@]43O)O[C@@H](C)[C@@H]1O. The molecule has 0 saturated carbocycles. The topological polar surface area (TPSA) is 163 Å². The molecule has 1 aliphatic carbocycles. The van der Waals surface area contributed by atoms with Crippen molar-refractivity contribution in [2.75, 3.05) is 13.7 Å². The van der Waals surface area contributed by atoms with Gasteiger partial charge in [0.1, 0.15) is 35.9 Å². The zero-order valence-corrected chi connectivity index (χ0v) is 33.9. The molecular formula is C43H64O12. The number of esters is 1. The number of aliphatic hydroxyl groups is 4. The molecule has 0 aromatic heterocycles. The molecule has 5 aliphatic heterocycles. The number of aliphatic hydroxyl groups excluding tert-OH is 3. The molecule has 0 radical (unpaired) electrons. The second kappa shape index (κ2) is 16.9. The van der Waals surface area contributed by atoms with Crippen molar-refractivity contribution in [2.24, 2.45) is 23.7 Å². The monoisotopic (exact) mass is 772 g/mol. The van der Waals surface area contributed by atoms with Gasteiger partial charge in [0, 0.05) is 44.6 Å². The average molecular weight is 773 g/mol. The zero-order chi connectivity index (χ0) is 40.0. The fourth-order valence-corrected chi connectivity index (χ4v) is 9.51. The van der Waals surface area contributed by atoms with E-state index in [0.717, 1.165) is 11.1 Å². The molecule has 4 saturated heterocycles. The van der Waals surface area contributed by atoms with Gasteiger partial charge in [-0.25, -0.2) is 0 Å². The minimum atomic E-state index is -1.85. The van der Waals surface area contributed by atoms with E-state index in [1.165, 1.54) is 0 Å². The highest BCUT2D eigenvalue weighted by molar-refractivity contribution is 5.78. The highest BCUT2D eigenvalue weighted by Gasteiger charge is 2.60. The summed E-state index contributed by atoms with van der Waals surface area (Å²) in [5.41, 5.74) is 1.05. The maximum Gasteiger partial charge on any atom is 0.316 e. The Kier molecular flexibility index (Phi) is 13.0. The smallest absolute Gasteiger partial charge is 0.316 e. The summed E-state index contributed by atoms with van der Waals surface area (Å²) in [6.45, 7) is 15.8. The van der Waals surface area contributed by atoms with Gasteiger partial charge in [0.05, 0.1) is 43.2 Å². The van der Waals surface area contributed by atoms with Crippen molar-refractivity contribution in [2.45, 2.75) is 166 Å². The van der Waals surface area contributed by atoms with Crippen LogP contribution in [0.1, 0.15) is 87.5 Å². The Morgan fingerprint density at radius 2 is 1.78 bits per heavy atom. The van der Waals surface area contributed by atoms with Gasteiger partial charge in [0.2, 0.25) is 0 Å². The standard InChI is InChI=1S/C43H64O12/c1-22(2)15-26(6)39-27(7)33(44)20-42(55-39)19-31-17-30(54-42)14-13-24(4)38(53-35-18-34(49-9)37(46)28(8)51-35)23(3)11-10-12-29-21-50-40-36(45)25(5)16-32(41(47)52-31)43(29,40)48/h10-13,15-16,22-23,27-28,30-40,44-46,48H,14,17-21H2,1-9H3/b11-10+,24-13+,26-15+,29-12+/t23-,27-,28-,30+,31-,32-,33-,34-,35-,36+,37-,38+,39+,40+,42-,43+/m0/s1. The lowest BCUT2D eigenvalue weighted by Gasteiger charge is -2.51. The van der Waals surface area contributed by atoms with E-state index < -0.39 is 90.6 Å². The van der Waals surface area contributed by atoms with Gasteiger partial charge in [-0.1, -0.05) is 64.2 Å². The summed E-state index contributed by atoms with van der Waals surface area (Å²) in [6.07, 6.45) is 5.65. The lowest BCUT2D eigenvalue weighted by Crippen LogP contribution is -2.59. The van der Waals surface area contributed by atoms with Gasteiger partial charge < -0.3 is 53.6 Å². The van der Waals surface area contributed by atoms with E-state index in [2.05, 4.69) is 26.0 Å². The van der Waals surface area contributed by atoms with Crippen molar-refractivity contribution in [3.63, 3.8) is 0 Å². The van der Waals surface area contributed by atoms with Crippen molar-refractivity contribution >= 4 is 5.97 Å². The molecule has 16 atom stereocenters. The van der Waals surface area contributed by atoms with Crippen molar-refractivity contribution in [3.05, 3.63) is 58.7 Å².